The van der Waals surface area contributed by atoms with Gasteiger partial charge in [-0.1, -0.05) is 35.9 Å². The van der Waals surface area contributed by atoms with Crippen molar-refractivity contribution in [2.45, 2.75) is 19.1 Å². The number of amides is 1. The summed E-state index contributed by atoms with van der Waals surface area (Å²) < 4.78 is 5.36. The number of aliphatic hydroxyl groups excluding tert-OH is 1. The minimum Gasteiger partial charge on any atom is -0.482 e. The van der Waals surface area contributed by atoms with Crippen molar-refractivity contribution in [3.63, 3.8) is 0 Å². The van der Waals surface area contributed by atoms with E-state index >= 15 is 0 Å². The number of para-hydroxylation sites is 1. The number of hydrogen-bond donors (Lipinski definition) is 2. The van der Waals surface area contributed by atoms with E-state index in [1.807, 2.05) is 6.07 Å². The molecular formula is C18H17ClN2O3. The van der Waals surface area contributed by atoms with Crippen LogP contribution in [0.1, 0.15) is 24.2 Å². The number of benzene rings is 2. The number of nitrogens with zero attached hydrogens (tertiary/aromatic N) is 1. The van der Waals surface area contributed by atoms with Gasteiger partial charge in [0, 0.05) is 5.02 Å². The number of ether oxygens (including phenoxy) is 1. The third-order valence-electron chi connectivity index (χ3n) is 3.44. The van der Waals surface area contributed by atoms with Crippen LogP contribution < -0.4 is 10.1 Å². The van der Waals surface area contributed by atoms with Crippen molar-refractivity contribution < 1.29 is 14.6 Å². The number of carbonyl (C=O) groups is 1. The largest absolute Gasteiger partial charge is 0.482 e. The van der Waals surface area contributed by atoms with E-state index in [2.05, 4.69) is 5.32 Å². The lowest BCUT2D eigenvalue weighted by Gasteiger charge is -2.21. The zero-order valence-electron chi connectivity index (χ0n) is 13.1. The Morgan fingerprint density at radius 2 is 1.96 bits per heavy atom. The Hall–Kier alpha value is -2.55. The molecule has 0 fully saturated rings. The maximum atomic E-state index is 12.0. The molecule has 0 saturated heterocycles. The highest BCUT2D eigenvalue weighted by Crippen LogP contribution is 2.19. The summed E-state index contributed by atoms with van der Waals surface area (Å²) in [4.78, 5) is 12.0. The first-order valence-corrected chi connectivity index (χ1v) is 7.74. The van der Waals surface area contributed by atoms with Crippen molar-refractivity contribution in [3.05, 3.63) is 64.7 Å². The summed E-state index contributed by atoms with van der Waals surface area (Å²) in [6.45, 7) is 1.46. The van der Waals surface area contributed by atoms with Crippen LogP contribution in [0.15, 0.2) is 48.5 Å². The van der Waals surface area contributed by atoms with Gasteiger partial charge in [-0.3, -0.25) is 4.79 Å². The quantitative estimate of drug-likeness (QED) is 0.844. The lowest BCUT2D eigenvalue weighted by Crippen LogP contribution is -2.39. The van der Waals surface area contributed by atoms with Crippen LogP contribution in [0.25, 0.3) is 0 Å². The minimum atomic E-state index is -0.863. The molecule has 2 atom stereocenters. The number of halogens is 1. The molecule has 2 aromatic rings. The molecule has 0 aliphatic carbocycles. The summed E-state index contributed by atoms with van der Waals surface area (Å²) in [7, 11) is 0. The first-order valence-electron chi connectivity index (χ1n) is 7.36. The normalized spacial score (nSPS) is 12.8. The van der Waals surface area contributed by atoms with Gasteiger partial charge in [0.15, 0.2) is 6.61 Å². The van der Waals surface area contributed by atoms with Crippen LogP contribution in [-0.2, 0) is 4.79 Å². The van der Waals surface area contributed by atoms with Gasteiger partial charge in [-0.15, -0.1) is 0 Å². The van der Waals surface area contributed by atoms with Crippen molar-refractivity contribution in [1.29, 1.82) is 5.26 Å². The average Bonchev–Trinajstić information content (AvgIpc) is 2.60. The van der Waals surface area contributed by atoms with E-state index in [9.17, 15) is 9.90 Å². The van der Waals surface area contributed by atoms with E-state index in [1.165, 1.54) is 0 Å². The monoisotopic (exact) mass is 344 g/mol. The van der Waals surface area contributed by atoms with Crippen LogP contribution in [0, 0.1) is 11.3 Å². The van der Waals surface area contributed by atoms with Crippen LogP contribution in [0.4, 0.5) is 0 Å². The first-order chi connectivity index (χ1) is 11.5. The van der Waals surface area contributed by atoms with Crippen molar-refractivity contribution >= 4 is 17.5 Å². The van der Waals surface area contributed by atoms with Crippen LogP contribution in [0.2, 0.25) is 5.02 Å². The smallest absolute Gasteiger partial charge is 0.258 e. The van der Waals surface area contributed by atoms with Gasteiger partial charge in [0.25, 0.3) is 5.91 Å². The zero-order valence-corrected chi connectivity index (χ0v) is 13.8. The fourth-order valence-electron chi connectivity index (χ4n) is 2.15. The molecule has 0 bridgehead atoms. The molecule has 2 N–H and O–H groups in total. The summed E-state index contributed by atoms with van der Waals surface area (Å²) in [6.07, 6.45) is -0.863. The molecule has 6 heteroatoms. The molecule has 0 radical (unpaired) electrons. The predicted molar refractivity (Wildman–Crippen MR) is 90.7 cm³/mol. The number of hydrogen-bond acceptors (Lipinski definition) is 4. The van der Waals surface area contributed by atoms with E-state index in [0.29, 0.717) is 21.9 Å². The summed E-state index contributed by atoms with van der Waals surface area (Å²) in [5.41, 5.74) is 1.02. The van der Waals surface area contributed by atoms with E-state index in [-0.39, 0.29) is 12.5 Å². The van der Waals surface area contributed by atoms with Gasteiger partial charge in [0.1, 0.15) is 11.8 Å². The van der Waals surface area contributed by atoms with Crippen LogP contribution >= 0.6 is 11.6 Å². The maximum Gasteiger partial charge on any atom is 0.258 e. The molecule has 0 spiro atoms. The topological polar surface area (TPSA) is 82.3 Å². The van der Waals surface area contributed by atoms with Gasteiger partial charge < -0.3 is 15.2 Å². The Bertz CT molecular complexity index is 741. The van der Waals surface area contributed by atoms with Crippen molar-refractivity contribution in [2.24, 2.45) is 0 Å². The van der Waals surface area contributed by atoms with Gasteiger partial charge in [-0.2, -0.15) is 5.26 Å². The highest BCUT2D eigenvalue weighted by molar-refractivity contribution is 6.30. The third kappa shape index (κ3) is 4.72. The Labute approximate surface area is 145 Å². The lowest BCUT2D eigenvalue weighted by atomic mass is 10.0. The van der Waals surface area contributed by atoms with Crippen molar-refractivity contribution in [2.75, 3.05) is 6.61 Å². The number of carbonyl (C=O) groups excluding carboxylic acids is 1. The molecule has 0 heterocycles. The summed E-state index contributed by atoms with van der Waals surface area (Å²) in [5.74, 6) is -0.0377. The Morgan fingerprint density at radius 3 is 2.62 bits per heavy atom. The molecule has 1 amide bonds. The van der Waals surface area contributed by atoms with Gasteiger partial charge in [-0.25, -0.2) is 0 Å². The number of nitrogens with one attached hydrogen (secondary N) is 1. The standard InChI is InChI=1S/C18H17ClN2O3/c1-12(18(23)13-6-8-15(19)9-7-13)21-17(22)11-24-16-5-3-2-4-14(16)10-20/h2-9,12,18,23H,11H2,1H3,(H,21,22). The predicted octanol–water partition coefficient (Wildman–Crippen LogP) is 2.83. The third-order valence-corrected chi connectivity index (χ3v) is 3.69. The molecule has 24 heavy (non-hydrogen) atoms. The summed E-state index contributed by atoms with van der Waals surface area (Å²) in [5, 5.41) is 22.5. The molecule has 2 rings (SSSR count). The Balaban J connectivity index is 1.89. The highest BCUT2D eigenvalue weighted by Gasteiger charge is 2.18. The fraction of sp³-hybridized carbons (Fsp3) is 0.222. The number of aliphatic hydroxyl groups is 1. The minimum absolute atomic E-state index is 0.240. The molecular weight excluding hydrogens is 328 g/mol. The maximum absolute atomic E-state index is 12.0. The van der Waals surface area contributed by atoms with Gasteiger partial charge >= 0.3 is 0 Å². The van der Waals surface area contributed by atoms with E-state index < -0.39 is 12.1 Å². The second kappa shape index (κ2) is 8.34. The van der Waals surface area contributed by atoms with Gasteiger partial charge in [0.05, 0.1) is 17.7 Å². The molecule has 0 saturated carbocycles. The molecule has 0 aliphatic rings. The summed E-state index contributed by atoms with van der Waals surface area (Å²) in [6, 6.07) is 14.9. The second-order valence-corrected chi connectivity index (χ2v) is 5.69. The van der Waals surface area contributed by atoms with Crippen molar-refractivity contribution in [1.82, 2.24) is 5.32 Å². The van der Waals surface area contributed by atoms with Gasteiger partial charge in [-0.05, 0) is 36.8 Å². The summed E-state index contributed by atoms with van der Waals surface area (Å²) >= 11 is 5.81. The molecule has 124 valence electrons. The molecule has 2 unspecified atom stereocenters. The number of nitriles is 1. The first kappa shape index (κ1) is 17.8. The Morgan fingerprint density at radius 1 is 1.29 bits per heavy atom. The SMILES string of the molecule is CC(NC(=O)COc1ccccc1C#N)C(O)c1ccc(Cl)cc1. The molecule has 5 nitrogen and oxygen atoms in total. The van der Waals surface area contributed by atoms with Crippen LogP contribution in [0.5, 0.6) is 5.75 Å². The second-order valence-electron chi connectivity index (χ2n) is 5.25. The fourth-order valence-corrected chi connectivity index (χ4v) is 2.28. The van der Waals surface area contributed by atoms with E-state index in [1.54, 1.807) is 55.5 Å². The van der Waals surface area contributed by atoms with Crippen LogP contribution in [-0.4, -0.2) is 23.7 Å². The van der Waals surface area contributed by atoms with E-state index in [4.69, 9.17) is 21.6 Å². The molecule has 0 aliphatic heterocycles. The zero-order chi connectivity index (χ0) is 17.5. The number of rotatable bonds is 6. The lowest BCUT2D eigenvalue weighted by molar-refractivity contribution is -0.124. The highest BCUT2D eigenvalue weighted by atomic mass is 35.5. The van der Waals surface area contributed by atoms with Crippen molar-refractivity contribution in [3.8, 4) is 11.8 Å². The van der Waals surface area contributed by atoms with Crippen LogP contribution in [0.3, 0.4) is 0 Å². The van der Waals surface area contributed by atoms with E-state index in [0.717, 1.165) is 0 Å². The molecule has 0 aromatic heterocycles. The Kier molecular flexibility index (Phi) is 6.19. The van der Waals surface area contributed by atoms with Gasteiger partial charge in [0.2, 0.25) is 0 Å². The molecule has 2 aromatic carbocycles. The average molecular weight is 345 g/mol.